The quantitative estimate of drug-likeness (QED) is 0.780. The van der Waals surface area contributed by atoms with Gasteiger partial charge in [-0.05, 0) is 53.3 Å². The van der Waals surface area contributed by atoms with Crippen LogP contribution >= 0.6 is 22.6 Å². The number of halogens is 1. The number of benzene rings is 1. The highest BCUT2D eigenvalue weighted by Gasteiger charge is 2.14. The molecule has 19 heavy (non-hydrogen) atoms. The maximum absolute atomic E-state index is 5.94. The Kier molecular flexibility index (Phi) is 5.24. The number of rotatable bonds is 6. The van der Waals surface area contributed by atoms with Gasteiger partial charge >= 0.3 is 0 Å². The summed E-state index contributed by atoms with van der Waals surface area (Å²) in [7, 11) is 1.72. The van der Waals surface area contributed by atoms with Gasteiger partial charge in [-0.3, -0.25) is 0 Å². The Balaban J connectivity index is 2.28. The summed E-state index contributed by atoms with van der Waals surface area (Å²) in [6, 6.07) is 6.25. The summed E-state index contributed by atoms with van der Waals surface area (Å²) in [6.45, 7) is 6.73. The van der Waals surface area contributed by atoms with Crippen LogP contribution in [0.4, 0.5) is 0 Å². The number of hydrogen-bond donors (Lipinski definition) is 1. The van der Waals surface area contributed by atoms with E-state index in [1.165, 1.54) is 3.57 Å². The van der Waals surface area contributed by atoms with E-state index >= 15 is 0 Å². The Hall–Kier alpha value is -0.590. The molecule has 0 bridgehead atoms. The normalized spacial score (nSPS) is 11.6. The van der Waals surface area contributed by atoms with Gasteiger partial charge in [0.15, 0.2) is 0 Å². The lowest BCUT2D eigenvalue weighted by Crippen LogP contribution is -2.19. The largest absolute Gasteiger partial charge is 0.459 e. The molecular formula is C15H20INO2. The number of hydrogen-bond acceptors (Lipinski definition) is 3. The van der Waals surface area contributed by atoms with Gasteiger partial charge in [-0.25, -0.2) is 0 Å². The van der Waals surface area contributed by atoms with Crippen molar-refractivity contribution in [3.63, 3.8) is 0 Å². The van der Waals surface area contributed by atoms with Crippen molar-refractivity contribution in [1.29, 1.82) is 0 Å². The van der Waals surface area contributed by atoms with E-state index in [1.54, 1.807) is 7.11 Å². The van der Waals surface area contributed by atoms with Crippen LogP contribution in [0.15, 0.2) is 22.6 Å². The van der Waals surface area contributed by atoms with Crippen molar-refractivity contribution in [2.24, 2.45) is 5.92 Å². The second-order valence-electron chi connectivity index (χ2n) is 5.10. The first kappa shape index (κ1) is 14.8. The molecule has 0 aliphatic rings. The van der Waals surface area contributed by atoms with Crippen molar-refractivity contribution in [2.75, 3.05) is 13.7 Å². The van der Waals surface area contributed by atoms with E-state index in [-0.39, 0.29) is 0 Å². The predicted molar refractivity (Wildman–Crippen MR) is 86.2 cm³/mol. The van der Waals surface area contributed by atoms with Gasteiger partial charge in [0.1, 0.15) is 11.3 Å². The molecule has 0 radical (unpaired) electrons. The molecule has 2 aromatic rings. The minimum absolute atomic E-state index is 0.589. The minimum Gasteiger partial charge on any atom is -0.459 e. The van der Waals surface area contributed by atoms with E-state index in [9.17, 15) is 0 Å². The summed E-state index contributed by atoms with van der Waals surface area (Å²) in [5.74, 6) is 1.62. The third-order valence-electron chi connectivity index (χ3n) is 2.96. The van der Waals surface area contributed by atoms with Gasteiger partial charge in [-0.2, -0.15) is 0 Å². The molecule has 1 aromatic carbocycles. The smallest absolute Gasteiger partial charge is 0.134 e. The molecule has 0 spiro atoms. The van der Waals surface area contributed by atoms with E-state index < -0.39 is 0 Å². The molecule has 1 heterocycles. The number of nitrogens with one attached hydrogen (secondary N) is 1. The van der Waals surface area contributed by atoms with Gasteiger partial charge in [0.05, 0.1) is 13.2 Å². The van der Waals surface area contributed by atoms with Crippen molar-refractivity contribution in [3.8, 4) is 0 Å². The van der Waals surface area contributed by atoms with Gasteiger partial charge in [0.2, 0.25) is 0 Å². The SMILES string of the molecule is COCc1c(CNCC(C)C)oc2ccc(I)cc12. The average Bonchev–Trinajstić information content (AvgIpc) is 2.68. The van der Waals surface area contributed by atoms with Crippen LogP contribution in [0.25, 0.3) is 11.0 Å². The average molecular weight is 373 g/mol. The molecule has 0 unspecified atom stereocenters. The Morgan fingerprint density at radius 1 is 1.37 bits per heavy atom. The van der Waals surface area contributed by atoms with Gasteiger partial charge < -0.3 is 14.5 Å². The molecule has 0 amide bonds. The zero-order valence-electron chi connectivity index (χ0n) is 11.6. The maximum atomic E-state index is 5.94. The van der Waals surface area contributed by atoms with Crippen molar-refractivity contribution in [3.05, 3.63) is 33.1 Å². The molecule has 3 nitrogen and oxygen atoms in total. The molecule has 0 fully saturated rings. The van der Waals surface area contributed by atoms with Crippen molar-refractivity contribution >= 4 is 33.6 Å². The zero-order valence-corrected chi connectivity index (χ0v) is 13.8. The zero-order chi connectivity index (χ0) is 13.8. The molecule has 0 saturated heterocycles. The van der Waals surface area contributed by atoms with Gasteiger partial charge in [0, 0.05) is 21.6 Å². The fourth-order valence-corrected chi connectivity index (χ4v) is 2.58. The third-order valence-corrected chi connectivity index (χ3v) is 3.63. The van der Waals surface area contributed by atoms with Crippen LogP contribution in [0.2, 0.25) is 0 Å². The Labute approximate surface area is 127 Å². The second-order valence-corrected chi connectivity index (χ2v) is 6.35. The topological polar surface area (TPSA) is 34.4 Å². The first-order valence-corrected chi connectivity index (χ1v) is 7.59. The Bertz CT molecular complexity index is 548. The Morgan fingerprint density at radius 3 is 2.84 bits per heavy atom. The van der Waals surface area contributed by atoms with Crippen molar-refractivity contribution in [2.45, 2.75) is 27.0 Å². The number of fused-ring (bicyclic) bond motifs is 1. The number of methoxy groups -OCH3 is 1. The lowest BCUT2D eigenvalue weighted by Gasteiger charge is -2.07. The highest BCUT2D eigenvalue weighted by Crippen LogP contribution is 2.28. The summed E-state index contributed by atoms with van der Waals surface area (Å²) >= 11 is 2.32. The standard InChI is InChI=1S/C15H20INO2/c1-10(2)7-17-8-15-13(9-18-3)12-6-11(16)4-5-14(12)19-15/h4-6,10,17H,7-9H2,1-3H3. The molecule has 0 atom stereocenters. The van der Waals surface area contributed by atoms with Gasteiger partial charge in [0.25, 0.3) is 0 Å². The van der Waals surface area contributed by atoms with E-state index in [4.69, 9.17) is 9.15 Å². The van der Waals surface area contributed by atoms with Crippen LogP contribution in [-0.4, -0.2) is 13.7 Å². The maximum Gasteiger partial charge on any atom is 0.134 e. The van der Waals surface area contributed by atoms with Crippen molar-refractivity contribution in [1.82, 2.24) is 5.32 Å². The van der Waals surface area contributed by atoms with E-state index in [0.29, 0.717) is 12.5 Å². The lowest BCUT2D eigenvalue weighted by atomic mass is 10.1. The minimum atomic E-state index is 0.589. The molecule has 1 N–H and O–H groups in total. The van der Waals surface area contributed by atoms with Crippen LogP contribution in [0.5, 0.6) is 0 Å². The van der Waals surface area contributed by atoms with E-state index in [0.717, 1.165) is 35.4 Å². The first-order chi connectivity index (χ1) is 9.11. The second kappa shape index (κ2) is 6.72. The Morgan fingerprint density at radius 2 is 2.16 bits per heavy atom. The van der Waals surface area contributed by atoms with E-state index in [1.807, 2.05) is 6.07 Å². The lowest BCUT2D eigenvalue weighted by molar-refractivity contribution is 0.183. The highest BCUT2D eigenvalue weighted by atomic mass is 127. The predicted octanol–water partition coefficient (Wildman–Crippen LogP) is 3.93. The molecule has 104 valence electrons. The third kappa shape index (κ3) is 3.70. The fourth-order valence-electron chi connectivity index (χ4n) is 2.09. The molecule has 1 aromatic heterocycles. The summed E-state index contributed by atoms with van der Waals surface area (Å²) in [5.41, 5.74) is 2.10. The van der Waals surface area contributed by atoms with Crippen LogP contribution in [0, 0.1) is 9.49 Å². The molecular weight excluding hydrogens is 353 g/mol. The summed E-state index contributed by atoms with van der Waals surface area (Å²) in [4.78, 5) is 0. The van der Waals surface area contributed by atoms with Crippen molar-refractivity contribution < 1.29 is 9.15 Å². The monoisotopic (exact) mass is 373 g/mol. The number of ether oxygens (including phenoxy) is 1. The summed E-state index contributed by atoms with van der Waals surface area (Å²) in [6.07, 6.45) is 0. The highest BCUT2D eigenvalue weighted by molar-refractivity contribution is 14.1. The van der Waals surface area contributed by atoms with Crippen LogP contribution in [0.1, 0.15) is 25.2 Å². The molecule has 4 heteroatoms. The summed E-state index contributed by atoms with van der Waals surface area (Å²) in [5, 5.41) is 4.59. The van der Waals surface area contributed by atoms with Crippen LogP contribution < -0.4 is 5.32 Å². The molecule has 0 aliphatic carbocycles. The van der Waals surface area contributed by atoms with Crippen LogP contribution in [0.3, 0.4) is 0 Å². The molecule has 2 rings (SSSR count). The summed E-state index contributed by atoms with van der Waals surface area (Å²) < 4.78 is 12.5. The molecule has 0 saturated carbocycles. The first-order valence-electron chi connectivity index (χ1n) is 6.51. The fraction of sp³-hybridized carbons (Fsp3) is 0.467. The van der Waals surface area contributed by atoms with Crippen LogP contribution in [-0.2, 0) is 17.9 Å². The van der Waals surface area contributed by atoms with Gasteiger partial charge in [-0.15, -0.1) is 0 Å². The van der Waals surface area contributed by atoms with Gasteiger partial charge in [-0.1, -0.05) is 13.8 Å². The number of furan rings is 1. The molecule has 0 aliphatic heterocycles. The van der Waals surface area contributed by atoms with E-state index in [2.05, 4.69) is 53.9 Å².